The second-order valence-corrected chi connectivity index (χ2v) is 8.70. The topological polar surface area (TPSA) is 67.9 Å². The number of rotatable bonds is 5. The largest absolute Gasteiger partial charge is 0.497 e. The molecule has 1 spiro atoms. The quantitative estimate of drug-likeness (QED) is 0.865. The summed E-state index contributed by atoms with van der Waals surface area (Å²) in [6.45, 7) is 3.27. The molecule has 134 valence electrons. The van der Waals surface area contributed by atoms with Gasteiger partial charge in [0.1, 0.15) is 5.75 Å². The molecular formula is C17H26N2O4S. The highest BCUT2D eigenvalue weighted by molar-refractivity contribution is 7.88. The molecule has 7 heteroatoms. The van der Waals surface area contributed by atoms with E-state index in [0.29, 0.717) is 6.61 Å². The molecule has 0 amide bonds. The first-order valence-corrected chi connectivity index (χ1v) is 10.2. The molecule has 3 rings (SSSR count). The minimum absolute atomic E-state index is 0.0227. The van der Waals surface area contributed by atoms with E-state index in [0.717, 1.165) is 44.6 Å². The summed E-state index contributed by atoms with van der Waals surface area (Å²) in [5.41, 5.74) is 0.993. The van der Waals surface area contributed by atoms with Crippen LogP contribution in [0.5, 0.6) is 5.75 Å². The van der Waals surface area contributed by atoms with Crippen LogP contribution in [0.4, 0.5) is 0 Å². The molecular weight excluding hydrogens is 328 g/mol. The van der Waals surface area contributed by atoms with Crippen molar-refractivity contribution in [2.24, 2.45) is 0 Å². The third kappa shape index (κ3) is 4.47. The van der Waals surface area contributed by atoms with Crippen molar-refractivity contribution in [3.8, 4) is 5.75 Å². The average Bonchev–Trinajstić information content (AvgIpc) is 2.88. The van der Waals surface area contributed by atoms with E-state index >= 15 is 0 Å². The van der Waals surface area contributed by atoms with Crippen LogP contribution in [-0.2, 0) is 21.3 Å². The molecule has 1 aromatic carbocycles. The molecule has 2 heterocycles. The monoisotopic (exact) mass is 354 g/mol. The standard InChI is InChI=1S/C17H26N2O4S/c1-22-16-5-3-4-14(10-16)12-19-8-7-17(13-19)11-15(6-9-23-17)18-24(2,20)21/h3-5,10,15,18H,6-9,11-13H2,1-2H3/t15-,17-/m1/s1. The van der Waals surface area contributed by atoms with Crippen LogP contribution in [0.3, 0.4) is 0 Å². The molecule has 0 aliphatic carbocycles. The van der Waals surface area contributed by atoms with Gasteiger partial charge in [-0.2, -0.15) is 0 Å². The van der Waals surface area contributed by atoms with E-state index in [4.69, 9.17) is 9.47 Å². The molecule has 2 saturated heterocycles. The van der Waals surface area contributed by atoms with E-state index in [1.807, 2.05) is 12.1 Å². The second-order valence-electron chi connectivity index (χ2n) is 6.92. The van der Waals surface area contributed by atoms with Gasteiger partial charge in [0.2, 0.25) is 10.0 Å². The molecule has 2 aliphatic heterocycles. The van der Waals surface area contributed by atoms with Gasteiger partial charge in [-0.1, -0.05) is 12.1 Å². The molecule has 0 aromatic heterocycles. The van der Waals surface area contributed by atoms with Crippen molar-refractivity contribution in [2.45, 2.75) is 37.5 Å². The van der Waals surface area contributed by atoms with Crippen LogP contribution in [-0.4, -0.2) is 58.0 Å². The van der Waals surface area contributed by atoms with Gasteiger partial charge in [-0.05, 0) is 37.0 Å². The number of hydrogen-bond donors (Lipinski definition) is 1. The van der Waals surface area contributed by atoms with Crippen LogP contribution in [0, 0.1) is 0 Å². The SMILES string of the molecule is COc1cccc(CN2CC[C@@]3(C[C@H](NS(C)(=O)=O)CCO3)C2)c1. The van der Waals surface area contributed by atoms with E-state index in [1.54, 1.807) is 7.11 Å². The van der Waals surface area contributed by atoms with E-state index in [1.165, 1.54) is 11.8 Å². The summed E-state index contributed by atoms with van der Waals surface area (Å²) in [7, 11) is -1.50. The number of likely N-dealkylation sites (tertiary alicyclic amines) is 1. The van der Waals surface area contributed by atoms with Gasteiger partial charge >= 0.3 is 0 Å². The summed E-state index contributed by atoms with van der Waals surface area (Å²) in [6, 6.07) is 8.08. The van der Waals surface area contributed by atoms with Gasteiger partial charge in [-0.25, -0.2) is 13.1 Å². The summed E-state index contributed by atoms with van der Waals surface area (Å²) in [5, 5.41) is 0. The maximum absolute atomic E-state index is 11.5. The minimum Gasteiger partial charge on any atom is -0.497 e. The Morgan fingerprint density at radius 2 is 2.29 bits per heavy atom. The Morgan fingerprint density at radius 1 is 1.46 bits per heavy atom. The molecule has 2 aliphatic rings. The van der Waals surface area contributed by atoms with Crippen molar-refractivity contribution in [3.63, 3.8) is 0 Å². The number of ether oxygens (including phenoxy) is 2. The zero-order chi connectivity index (χ0) is 17.2. The number of benzene rings is 1. The van der Waals surface area contributed by atoms with E-state index in [9.17, 15) is 8.42 Å². The molecule has 0 saturated carbocycles. The van der Waals surface area contributed by atoms with Crippen molar-refractivity contribution >= 4 is 10.0 Å². The molecule has 0 unspecified atom stereocenters. The summed E-state index contributed by atoms with van der Waals surface area (Å²) < 4.78 is 37.1. The van der Waals surface area contributed by atoms with Crippen LogP contribution >= 0.6 is 0 Å². The zero-order valence-electron chi connectivity index (χ0n) is 14.3. The molecule has 0 radical (unpaired) electrons. The third-order valence-corrected chi connectivity index (χ3v) is 5.57. The van der Waals surface area contributed by atoms with Gasteiger partial charge in [0.25, 0.3) is 0 Å². The lowest BCUT2D eigenvalue weighted by molar-refractivity contribution is -0.0779. The number of nitrogens with zero attached hydrogens (tertiary/aromatic N) is 1. The molecule has 24 heavy (non-hydrogen) atoms. The van der Waals surface area contributed by atoms with E-state index in [-0.39, 0.29) is 11.6 Å². The predicted octanol–water partition coefficient (Wildman–Crippen LogP) is 1.37. The summed E-state index contributed by atoms with van der Waals surface area (Å²) >= 11 is 0. The van der Waals surface area contributed by atoms with Gasteiger partial charge in [0, 0.05) is 32.3 Å². The first-order valence-electron chi connectivity index (χ1n) is 8.34. The molecule has 0 bridgehead atoms. The number of hydrogen-bond acceptors (Lipinski definition) is 5. The molecule has 6 nitrogen and oxygen atoms in total. The average molecular weight is 354 g/mol. The Hall–Kier alpha value is -1.15. The van der Waals surface area contributed by atoms with Crippen LogP contribution < -0.4 is 9.46 Å². The van der Waals surface area contributed by atoms with Gasteiger partial charge in [0.05, 0.1) is 19.0 Å². The Morgan fingerprint density at radius 3 is 3.04 bits per heavy atom. The zero-order valence-corrected chi connectivity index (χ0v) is 15.1. The molecule has 2 fully saturated rings. The Balaban J connectivity index is 1.61. The minimum atomic E-state index is -3.17. The highest BCUT2D eigenvalue weighted by Crippen LogP contribution is 2.35. The fourth-order valence-electron chi connectivity index (χ4n) is 3.81. The number of sulfonamides is 1. The van der Waals surface area contributed by atoms with Crippen LogP contribution in [0.25, 0.3) is 0 Å². The van der Waals surface area contributed by atoms with Crippen LogP contribution in [0.15, 0.2) is 24.3 Å². The van der Waals surface area contributed by atoms with E-state index < -0.39 is 10.0 Å². The van der Waals surface area contributed by atoms with Crippen molar-refractivity contribution in [3.05, 3.63) is 29.8 Å². The maximum Gasteiger partial charge on any atom is 0.208 e. The van der Waals surface area contributed by atoms with Gasteiger partial charge in [-0.3, -0.25) is 4.90 Å². The second kappa shape index (κ2) is 7.00. The third-order valence-electron chi connectivity index (χ3n) is 4.81. The lowest BCUT2D eigenvalue weighted by Gasteiger charge is -2.38. The van der Waals surface area contributed by atoms with Crippen LogP contribution in [0.1, 0.15) is 24.8 Å². The lowest BCUT2D eigenvalue weighted by Crippen LogP contribution is -2.49. The Kier molecular flexibility index (Phi) is 5.15. The van der Waals surface area contributed by atoms with E-state index in [2.05, 4.69) is 21.8 Å². The predicted molar refractivity (Wildman–Crippen MR) is 92.6 cm³/mol. The van der Waals surface area contributed by atoms with Crippen molar-refractivity contribution < 1.29 is 17.9 Å². The number of nitrogens with one attached hydrogen (secondary N) is 1. The smallest absolute Gasteiger partial charge is 0.208 e. The molecule has 1 aromatic rings. The normalized spacial score (nSPS) is 28.3. The maximum atomic E-state index is 11.5. The van der Waals surface area contributed by atoms with Crippen molar-refractivity contribution in [1.82, 2.24) is 9.62 Å². The number of methoxy groups -OCH3 is 1. The summed E-state index contributed by atoms with van der Waals surface area (Å²) in [6.07, 6.45) is 3.65. The van der Waals surface area contributed by atoms with Crippen LogP contribution in [0.2, 0.25) is 0 Å². The van der Waals surface area contributed by atoms with Gasteiger partial charge in [0.15, 0.2) is 0 Å². The highest BCUT2D eigenvalue weighted by atomic mass is 32.2. The molecule has 2 atom stereocenters. The summed E-state index contributed by atoms with van der Waals surface area (Å²) in [5.74, 6) is 0.868. The van der Waals surface area contributed by atoms with Crippen molar-refractivity contribution in [2.75, 3.05) is 33.1 Å². The Bertz CT molecular complexity index is 679. The summed E-state index contributed by atoms with van der Waals surface area (Å²) in [4.78, 5) is 2.37. The Labute approximate surface area is 144 Å². The highest BCUT2D eigenvalue weighted by Gasteiger charge is 2.43. The molecule has 1 N–H and O–H groups in total. The lowest BCUT2D eigenvalue weighted by atomic mass is 9.90. The first-order chi connectivity index (χ1) is 11.4. The van der Waals surface area contributed by atoms with Gasteiger partial charge < -0.3 is 9.47 Å². The fraction of sp³-hybridized carbons (Fsp3) is 0.647. The fourth-order valence-corrected chi connectivity index (χ4v) is 4.61. The first kappa shape index (κ1) is 17.7. The van der Waals surface area contributed by atoms with Crippen molar-refractivity contribution in [1.29, 1.82) is 0 Å². The van der Waals surface area contributed by atoms with Gasteiger partial charge in [-0.15, -0.1) is 0 Å².